The first-order chi connectivity index (χ1) is 11.6. The number of hydrogen-bond acceptors (Lipinski definition) is 7. The topological polar surface area (TPSA) is 130 Å². The predicted octanol–water partition coefficient (Wildman–Crippen LogP) is 2.45. The Balaban J connectivity index is 2.45. The molecule has 0 saturated heterocycles. The molecule has 4 N–H and O–H groups in total. The van der Waals surface area contributed by atoms with Crippen molar-refractivity contribution in [3.05, 3.63) is 11.7 Å². The third-order valence-corrected chi connectivity index (χ3v) is 3.45. The maximum absolute atomic E-state index is 11.7. The van der Waals surface area contributed by atoms with E-state index in [0.717, 1.165) is 12.8 Å². The van der Waals surface area contributed by atoms with Gasteiger partial charge in [-0.3, -0.25) is 9.79 Å². The minimum atomic E-state index is -0.499. The number of amidine groups is 1. The number of rotatable bonds is 9. The smallest absolute Gasteiger partial charge is 0.306 e. The molecule has 8 heteroatoms. The molecule has 0 bridgehead atoms. The van der Waals surface area contributed by atoms with Crippen molar-refractivity contribution in [1.29, 1.82) is 0 Å². The molecule has 0 unspecified atom stereocenters. The molecule has 0 radical (unpaired) electrons. The summed E-state index contributed by atoms with van der Waals surface area (Å²) in [5.74, 6) is 1.42. The third kappa shape index (κ3) is 8.62. The van der Waals surface area contributed by atoms with E-state index in [1.54, 1.807) is 6.92 Å². The van der Waals surface area contributed by atoms with Gasteiger partial charge in [0.05, 0.1) is 11.9 Å². The molecular formula is C17H31N5O3. The van der Waals surface area contributed by atoms with Crippen molar-refractivity contribution in [3.63, 3.8) is 0 Å². The normalized spacial score (nSPS) is 15.0. The molecule has 142 valence electrons. The zero-order valence-corrected chi connectivity index (χ0v) is 15.9. The summed E-state index contributed by atoms with van der Waals surface area (Å²) < 4.78 is 10.5. The second-order valence-electron chi connectivity index (χ2n) is 7.29. The van der Waals surface area contributed by atoms with Crippen LogP contribution in [0.25, 0.3) is 0 Å². The van der Waals surface area contributed by atoms with E-state index >= 15 is 0 Å². The summed E-state index contributed by atoms with van der Waals surface area (Å²) >= 11 is 0. The standard InChI is InChI=1S/C17H31N5O3/c1-11(7-6-10-20-12(2)18)15-21-16(25-22-15)13(19)8-9-14(23)24-17(3,4)5/h11,13H,6-10,19H2,1-5H3,(H2,18,20)/t11-,13-/m0/s1. The van der Waals surface area contributed by atoms with Gasteiger partial charge in [0.1, 0.15) is 5.60 Å². The van der Waals surface area contributed by atoms with Crippen molar-refractivity contribution in [2.45, 2.75) is 77.9 Å². The number of ether oxygens (including phenoxy) is 1. The predicted molar refractivity (Wildman–Crippen MR) is 96.1 cm³/mol. The fourth-order valence-corrected chi connectivity index (χ4v) is 2.17. The first-order valence-corrected chi connectivity index (χ1v) is 8.66. The molecule has 0 amide bonds. The molecule has 25 heavy (non-hydrogen) atoms. The van der Waals surface area contributed by atoms with Crippen LogP contribution in [0.4, 0.5) is 0 Å². The molecule has 0 aromatic carbocycles. The fraction of sp³-hybridized carbons (Fsp3) is 0.765. The molecule has 0 aliphatic carbocycles. The Morgan fingerprint density at radius 3 is 2.64 bits per heavy atom. The maximum Gasteiger partial charge on any atom is 0.306 e. The molecule has 1 aromatic rings. The van der Waals surface area contributed by atoms with Gasteiger partial charge in [0.2, 0.25) is 5.89 Å². The molecule has 1 aromatic heterocycles. The molecular weight excluding hydrogens is 322 g/mol. The average molecular weight is 353 g/mol. The number of aromatic nitrogens is 2. The van der Waals surface area contributed by atoms with Crippen LogP contribution in [0, 0.1) is 0 Å². The summed E-state index contributed by atoms with van der Waals surface area (Å²) in [6.07, 6.45) is 2.38. The summed E-state index contributed by atoms with van der Waals surface area (Å²) in [5, 5.41) is 3.99. The van der Waals surface area contributed by atoms with Gasteiger partial charge in [-0.05, 0) is 47.0 Å². The highest BCUT2D eigenvalue weighted by molar-refractivity contribution is 5.77. The monoisotopic (exact) mass is 353 g/mol. The van der Waals surface area contributed by atoms with Gasteiger partial charge < -0.3 is 20.7 Å². The number of carbonyl (C=O) groups excluding carboxylic acids is 1. The summed E-state index contributed by atoms with van der Waals surface area (Å²) in [7, 11) is 0. The van der Waals surface area contributed by atoms with E-state index in [0.29, 0.717) is 30.5 Å². The Hall–Kier alpha value is -1.96. The van der Waals surface area contributed by atoms with Crippen molar-refractivity contribution in [3.8, 4) is 0 Å². The minimum Gasteiger partial charge on any atom is -0.460 e. The number of nitrogens with two attached hydrogens (primary N) is 2. The van der Waals surface area contributed by atoms with Crippen molar-refractivity contribution >= 4 is 11.8 Å². The van der Waals surface area contributed by atoms with Gasteiger partial charge >= 0.3 is 5.97 Å². The van der Waals surface area contributed by atoms with E-state index in [9.17, 15) is 4.79 Å². The first-order valence-electron chi connectivity index (χ1n) is 8.66. The lowest BCUT2D eigenvalue weighted by Gasteiger charge is -2.19. The Kier molecular flexibility index (Phi) is 8.02. The molecule has 0 fully saturated rings. The number of aliphatic imine (C=N–C) groups is 1. The van der Waals surface area contributed by atoms with Crippen molar-refractivity contribution < 1.29 is 14.1 Å². The summed E-state index contributed by atoms with van der Waals surface area (Å²) in [5.41, 5.74) is 11.0. The highest BCUT2D eigenvalue weighted by Crippen LogP contribution is 2.21. The van der Waals surface area contributed by atoms with Crippen molar-refractivity contribution in [2.75, 3.05) is 6.54 Å². The van der Waals surface area contributed by atoms with Crippen LogP contribution in [0.1, 0.15) is 84.0 Å². The second-order valence-corrected chi connectivity index (χ2v) is 7.29. The molecule has 0 spiro atoms. The van der Waals surface area contributed by atoms with Crippen LogP contribution in [-0.4, -0.2) is 34.1 Å². The average Bonchev–Trinajstić information content (AvgIpc) is 2.97. The Bertz CT molecular complexity index is 573. The van der Waals surface area contributed by atoms with Gasteiger partial charge in [-0.2, -0.15) is 4.98 Å². The largest absolute Gasteiger partial charge is 0.460 e. The van der Waals surface area contributed by atoms with E-state index in [2.05, 4.69) is 15.1 Å². The molecule has 8 nitrogen and oxygen atoms in total. The molecule has 2 atom stereocenters. The van der Waals surface area contributed by atoms with Gasteiger partial charge in [-0.25, -0.2) is 0 Å². The molecule has 0 aliphatic heterocycles. The quantitative estimate of drug-likeness (QED) is 0.302. The van der Waals surface area contributed by atoms with Gasteiger partial charge in [-0.15, -0.1) is 0 Å². The number of hydrogen-bond donors (Lipinski definition) is 2. The van der Waals surface area contributed by atoms with Crippen LogP contribution < -0.4 is 11.5 Å². The van der Waals surface area contributed by atoms with Gasteiger partial charge in [0.15, 0.2) is 5.82 Å². The summed E-state index contributed by atoms with van der Waals surface area (Å²) in [4.78, 5) is 20.3. The third-order valence-electron chi connectivity index (χ3n) is 3.45. The van der Waals surface area contributed by atoms with Crippen molar-refractivity contribution in [2.24, 2.45) is 16.5 Å². The molecule has 0 saturated carbocycles. The number of carbonyl (C=O) groups is 1. The Morgan fingerprint density at radius 1 is 1.36 bits per heavy atom. The Labute approximate surface area is 149 Å². The van der Waals surface area contributed by atoms with E-state index in [4.69, 9.17) is 20.7 Å². The van der Waals surface area contributed by atoms with Crippen LogP contribution in [-0.2, 0) is 9.53 Å². The van der Waals surface area contributed by atoms with Crippen LogP contribution >= 0.6 is 0 Å². The molecule has 1 rings (SSSR count). The summed E-state index contributed by atoms with van der Waals surface area (Å²) in [6, 6.07) is -0.481. The lowest BCUT2D eigenvalue weighted by molar-refractivity contribution is -0.155. The first kappa shape index (κ1) is 21.1. The number of esters is 1. The van der Waals surface area contributed by atoms with E-state index < -0.39 is 11.6 Å². The minimum absolute atomic E-state index is 0.142. The molecule has 0 aliphatic rings. The van der Waals surface area contributed by atoms with Crippen LogP contribution in [0.3, 0.4) is 0 Å². The SMILES string of the molecule is CC(N)=NCCC[C@H](C)c1noc([C@@H](N)CCC(=O)OC(C)(C)C)n1. The molecule has 1 heterocycles. The van der Waals surface area contributed by atoms with Gasteiger partial charge in [0.25, 0.3) is 0 Å². The maximum atomic E-state index is 11.7. The highest BCUT2D eigenvalue weighted by atomic mass is 16.6. The van der Waals surface area contributed by atoms with Crippen molar-refractivity contribution in [1.82, 2.24) is 10.1 Å². The van der Waals surface area contributed by atoms with Crippen LogP contribution in [0.5, 0.6) is 0 Å². The number of nitrogens with zero attached hydrogens (tertiary/aromatic N) is 3. The van der Waals surface area contributed by atoms with Gasteiger partial charge in [0, 0.05) is 18.9 Å². The van der Waals surface area contributed by atoms with E-state index in [1.165, 1.54) is 0 Å². The lowest BCUT2D eigenvalue weighted by atomic mass is 10.1. The second kappa shape index (κ2) is 9.50. The highest BCUT2D eigenvalue weighted by Gasteiger charge is 2.21. The zero-order chi connectivity index (χ0) is 19.0. The van der Waals surface area contributed by atoms with Gasteiger partial charge in [-0.1, -0.05) is 12.1 Å². The zero-order valence-electron chi connectivity index (χ0n) is 15.9. The summed E-state index contributed by atoms with van der Waals surface area (Å²) in [6.45, 7) is 9.98. The van der Waals surface area contributed by atoms with Crippen LogP contribution in [0.2, 0.25) is 0 Å². The van der Waals surface area contributed by atoms with Crippen LogP contribution in [0.15, 0.2) is 9.52 Å². The Morgan fingerprint density at radius 2 is 2.04 bits per heavy atom. The van der Waals surface area contributed by atoms with E-state index in [1.807, 2.05) is 27.7 Å². The fourth-order valence-electron chi connectivity index (χ4n) is 2.17. The van der Waals surface area contributed by atoms with E-state index in [-0.39, 0.29) is 18.3 Å². The lowest BCUT2D eigenvalue weighted by Crippen LogP contribution is -2.24.